The summed E-state index contributed by atoms with van der Waals surface area (Å²) in [5, 5.41) is 15.5. The van der Waals surface area contributed by atoms with Gasteiger partial charge in [0.1, 0.15) is 5.82 Å². The van der Waals surface area contributed by atoms with E-state index < -0.39 is 6.10 Å². The Labute approximate surface area is 119 Å². The Kier molecular flexibility index (Phi) is 6.54. The number of terminal acetylenes is 1. The SMILES string of the molecule is C#CCNC(=O)c1ccc(NCC(O)C(C)CC)nc1. The number of carbonyl (C=O) groups excluding carboxylic acids is 1. The number of nitrogens with zero attached hydrogens (tertiary/aromatic N) is 1. The minimum Gasteiger partial charge on any atom is -0.391 e. The molecule has 0 fully saturated rings. The minimum atomic E-state index is -0.416. The zero-order valence-electron chi connectivity index (χ0n) is 11.9. The van der Waals surface area contributed by atoms with Crippen LogP contribution in [0.4, 0.5) is 5.82 Å². The van der Waals surface area contributed by atoms with E-state index in [1.165, 1.54) is 6.20 Å². The van der Waals surface area contributed by atoms with Crippen molar-refractivity contribution in [2.24, 2.45) is 5.92 Å². The molecule has 2 unspecified atom stereocenters. The molecular weight excluding hydrogens is 254 g/mol. The van der Waals surface area contributed by atoms with Crippen molar-refractivity contribution < 1.29 is 9.90 Å². The summed E-state index contributed by atoms with van der Waals surface area (Å²) in [6.45, 7) is 4.67. The first-order chi connectivity index (χ1) is 9.58. The summed E-state index contributed by atoms with van der Waals surface area (Å²) >= 11 is 0. The van der Waals surface area contributed by atoms with Crippen molar-refractivity contribution in [1.82, 2.24) is 10.3 Å². The van der Waals surface area contributed by atoms with E-state index in [1.54, 1.807) is 12.1 Å². The number of nitrogens with one attached hydrogen (secondary N) is 2. The second-order valence-electron chi connectivity index (χ2n) is 4.65. The van der Waals surface area contributed by atoms with Crippen molar-refractivity contribution in [1.29, 1.82) is 0 Å². The third-order valence-corrected chi connectivity index (χ3v) is 3.17. The Morgan fingerprint density at radius 1 is 1.55 bits per heavy atom. The lowest BCUT2D eigenvalue weighted by molar-refractivity contribution is 0.0958. The van der Waals surface area contributed by atoms with Gasteiger partial charge >= 0.3 is 0 Å². The van der Waals surface area contributed by atoms with Crippen LogP contribution in [0.1, 0.15) is 30.6 Å². The first kappa shape index (κ1) is 16.0. The van der Waals surface area contributed by atoms with E-state index in [1.807, 2.05) is 13.8 Å². The fraction of sp³-hybridized carbons (Fsp3) is 0.467. The second-order valence-corrected chi connectivity index (χ2v) is 4.65. The predicted octanol–water partition coefficient (Wildman–Crippen LogP) is 1.26. The van der Waals surface area contributed by atoms with Gasteiger partial charge in [0.2, 0.25) is 0 Å². The lowest BCUT2D eigenvalue weighted by Gasteiger charge is -2.17. The number of rotatable bonds is 7. The monoisotopic (exact) mass is 275 g/mol. The van der Waals surface area contributed by atoms with Crippen LogP contribution in [-0.2, 0) is 0 Å². The summed E-state index contributed by atoms with van der Waals surface area (Å²) in [6, 6.07) is 3.37. The van der Waals surface area contributed by atoms with Gasteiger partial charge in [0.25, 0.3) is 5.91 Å². The summed E-state index contributed by atoms with van der Waals surface area (Å²) in [4.78, 5) is 15.7. The number of amides is 1. The van der Waals surface area contributed by atoms with Crippen LogP contribution in [0.15, 0.2) is 18.3 Å². The van der Waals surface area contributed by atoms with Crippen LogP contribution in [0.5, 0.6) is 0 Å². The maximum absolute atomic E-state index is 11.6. The highest BCUT2D eigenvalue weighted by molar-refractivity contribution is 5.94. The summed E-state index contributed by atoms with van der Waals surface area (Å²) in [7, 11) is 0. The molecule has 2 atom stereocenters. The van der Waals surface area contributed by atoms with Crippen LogP contribution in [0.25, 0.3) is 0 Å². The van der Waals surface area contributed by atoms with E-state index in [4.69, 9.17) is 6.42 Å². The molecule has 1 aromatic heterocycles. The van der Waals surface area contributed by atoms with Crippen molar-refractivity contribution in [3.8, 4) is 12.3 Å². The Balaban J connectivity index is 2.51. The van der Waals surface area contributed by atoms with Crippen molar-refractivity contribution in [3.05, 3.63) is 23.9 Å². The molecule has 1 rings (SSSR count). The second kappa shape index (κ2) is 8.18. The van der Waals surface area contributed by atoms with Gasteiger partial charge in [0, 0.05) is 12.7 Å². The molecule has 1 aromatic rings. The summed E-state index contributed by atoms with van der Waals surface area (Å²) in [5.41, 5.74) is 0.452. The molecule has 0 radical (unpaired) electrons. The summed E-state index contributed by atoms with van der Waals surface area (Å²) in [5.74, 6) is 2.95. The average Bonchev–Trinajstić information content (AvgIpc) is 2.49. The molecule has 5 nitrogen and oxygen atoms in total. The molecule has 0 saturated carbocycles. The standard InChI is InChI=1S/C15H21N3O2/c1-4-8-16-15(20)12-6-7-14(17-9-12)18-10-13(19)11(3)5-2/h1,6-7,9,11,13,19H,5,8,10H2,2-3H3,(H,16,20)(H,17,18). The highest BCUT2D eigenvalue weighted by Crippen LogP contribution is 2.09. The number of carbonyl (C=O) groups is 1. The van der Waals surface area contributed by atoms with E-state index in [2.05, 4.69) is 21.5 Å². The molecular formula is C15H21N3O2. The van der Waals surface area contributed by atoms with Crippen molar-refractivity contribution in [2.75, 3.05) is 18.4 Å². The van der Waals surface area contributed by atoms with Gasteiger partial charge in [0.05, 0.1) is 18.2 Å². The molecule has 108 valence electrons. The molecule has 0 aromatic carbocycles. The van der Waals surface area contributed by atoms with Crippen LogP contribution < -0.4 is 10.6 Å². The average molecular weight is 275 g/mol. The van der Waals surface area contributed by atoms with Gasteiger partial charge in [-0.15, -0.1) is 6.42 Å². The predicted molar refractivity (Wildman–Crippen MR) is 79.4 cm³/mol. The topological polar surface area (TPSA) is 74.2 Å². The molecule has 20 heavy (non-hydrogen) atoms. The Bertz CT molecular complexity index is 465. The summed E-state index contributed by atoms with van der Waals surface area (Å²) < 4.78 is 0. The fourth-order valence-corrected chi connectivity index (χ4v) is 1.55. The largest absolute Gasteiger partial charge is 0.391 e. The zero-order chi connectivity index (χ0) is 15.0. The number of aliphatic hydroxyl groups excluding tert-OH is 1. The van der Waals surface area contributed by atoms with E-state index in [-0.39, 0.29) is 18.4 Å². The van der Waals surface area contributed by atoms with Crippen LogP contribution >= 0.6 is 0 Å². The van der Waals surface area contributed by atoms with Crippen LogP contribution in [0.2, 0.25) is 0 Å². The van der Waals surface area contributed by atoms with E-state index in [0.717, 1.165) is 6.42 Å². The normalized spacial score (nSPS) is 13.1. The first-order valence-corrected chi connectivity index (χ1v) is 6.68. The highest BCUT2D eigenvalue weighted by atomic mass is 16.3. The zero-order valence-corrected chi connectivity index (χ0v) is 11.9. The molecule has 1 amide bonds. The molecule has 0 aliphatic heterocycles. The number of aliphatic hydroxyl groups is 1. The van der Waals surface area contributed by atoms with Gasteiger partial charge in [-0.3, -0.25) is 4.79 Å². The third-order valence-electron chi connectivity index (χ3n) is 3.17. The van der Waals surface area contributed by atoms with Crippen molar-refractivity contribution in [2.45, 2.75) is 26.4 Å². The van der Waals surface area contributed by atoms with Gasteiger partial charge in [-0.25, -0.2) is 4.98 Å². The number of hydrogen-bond acceptors (Lipinski definition) is 4. The Morgan fingerprint density at radius 2 is 2.30 bits per heavy atom. The molecule has 0 bridgehead atoms. The molecule has 0 aliphatic rings. The van der Waals surface area contributed by atoms with E-state index in [0.29, 0.717) is 17.9 Å². The van der Waals surface area contributed by atoms with Gasteiger partial charge in [0.15, 0.2) is 0 Å². The molecule has 3 N–H and O–H groups in total. The Hall–Kier alpha value is -2.06. The van der Waals surface area contributed by atoms with Crippen molar-refractivity contribution >= 4 is 11.7 Å². The number of aromatic nitrogens is 1. The smallest absolute Gasteiger partial charge is 0.253 e. The van der Waals surface area contributed by atoms with Gasteiger partial charge in [-0.1, -0.05) is 26.2 Å². The third kappa shape index (κ3) is 4.90. The molecule has 0 aliphatic carbocycles. The molecule has 5 heteroatoms. The van der Waals surface area contributed by atoms with E-state index >= 15 is 0 Å². The lowest BCUT2D eigenvalue weighted by atomic mass is 10.0. The van der Waals surface area contributed by atoms with Gasteiger partial charge in [-0.05, 0) is 18.1 Å². The van der Waals surface area contributed by atoms with Gasteiger partial charge in [-0.2, -0.15) is 0 Å². The molecule has 0 saturated heterocycles. The Morgan fingerprint density at radius 3 is 2.85 bits per heavy atom. The van der Waals surface area contributed by atoms with Crippen LogP contribution in [0.3, 0.4) is 0 Å². The van der Waals surface area contributed by atoms with Crippen LogP contribution in [0, 0.1) is 18.3 Å². The summed E-state index contributed by atoms with van der Waals surface area (Å²) in [6.07, 6.45) is 7.05. The maximum atomic E-state index is 11.6. The number of anilines is 1. The first-order valence-electron chi connectivity index (χ1n) is 6.68. The van der Waals surface area contributed by atoms with Crippen molar-refractivity contribution in [3.63, 3.8) is 0 Å². The van der Waals surface area contributed by atoms with Gasteiger partial charge < -0.3 is 15.7 Å². The minimum absolute atomic E-state index is 0.194. The lowest BCUT2D eigenvalue weighted by Crippen LogP contribution is -2.26. The fourth-order valence-electron chi connectivity index (χ4n) is 1.55. The number of pyridine rings is 1. The van der Waals surface area contributed by atoms with E-state index in [9.17, 15) is 9.90 Å². The molecule has 0 spiro atoms. The molecule has 1 heterocycles. The quantitative estimate of drug-likeness (QED) is 0.655. The number of hydrogen-bond donors (Lipinski definition) is 3. The van der Waals surface area contributed by atoms with Crippen LogP contribution in [-0.4, -0.2) is 35.2 Å². The maximum Gasteiger partial charge on any atom is 0.253 e. The highest BCUT2D eigenvalue weighted by Gasteiger charge is 2.12.